The molecular weight excluding hydrogens is 188 g/mol. The zero-order valence-electron chi connectivity index (χ0n) is 9.37. The van der Waals surface area contributed by atoms with Crippen LogP contribution in [0.5, 0.6) is 0 Å². The van der Waals surface area contributed by atoms with Crippen LogP contribution in [0.1, 0.15) is 51.4 Å². The van der Waals surface area contributed by atoms with Crippen LogP contribution in [-0.2, 0) is 4.74 Å². The first-order valence-electron chi connectivity index (χ1n) is 5.73. The molecule has 3 heteroatoms. The summed E-state index contributed by atoms with van der Waals surface area (Å²) in [4.78, 5) is 0. The Labute approximate surface area is 92.7 Å². The Morgan fingerprint density at radius 1 is 0.667 bits per heavy atom. The maximum Gasteiger partial charge on any atom is 0.0645 e. The molecule has 0 saturated carbocycles. The van der Waals surface area contributed by atoms with Crippen molar-refractivity contribution in [2.45, 2.75) is 51.4 Å². The minimum atomic E-state index is 0.494. The Kier molecular flexibility index (Phi) is 12.0. The van der Waals surface area contributed by atoms with Crippen molar-refractivity contribution in [2.24, 2.45) is 0 Å². The van der Waals surface area contributed by atoms with Crippen molar-refractivity contribution in [3.8, 4) is 12.1 Å². The van der Waals surface area contributed by atoms with Gasteiger partial charge in [-0.25, -0.2) is 0 Å². The molecule has 0 unspecified atom stereocenters. The third-order valence-electron chi connectivity index (χ3n) is 2.19. The summed E-state index contributed by atoms with van der Waals surface area (Å²) in [7, 11) is 0. The van der Waals surface area contributed by atoms with Crippen molar-refractivity contribution >= 4 is 0 Å². The minimum Gasteiger partial charge on any atom is -0.380 e. The molecule has 0 heterocycles. The zero-order chi connectivity index (χ0) is 11.2. The number of hydrogen-bond acceptors (Lipinski definition) is 3. The lowest BCUT2D eigenvalue weighted by atomic mass is 10.1. The van der Waals surface area contributed by atoms with E-state index in [0.717, 1.165) is 19.4 Å². The highest BCUT2D eigenvalue weighted by Crippen LogP contribution is 2.06. The van der Waals surface area contributed by atoms with Crippen molar-refractivity contribution in [3.63, 3.8) is 0 Å². The molecule has 0 aliphatic heterocycles. The van der Waals surface area contributed by atoms with Gasteiger partial charge in [0.2, 0.25) is 0 Å². The van der Waals surface area contributed by atoms with Gasteiger partial charge in [-0.2, -0.15) is 10.5 Å². The topological polar surface area (TPSA) is 56.8 Å². The second kappa shape index (κ2) is 12.9. The maximum atomic E-state index is 8.32. The lowest BCUT2D eigenvalue weighted by Crippen LogP contribution is -1.95. The first kappa shape index (κ1) is 13.9. The van der Waals surface area contributed by atoms with E-state index in [-0.39, 0.29) is 0 Å². The minimum absolute atomic E-state index is 0.494. The summed E-state index contributed by atoms with van der Waals surface area (Å²) >= 11 is 0. The van der Waals surface area contributed by atoms with Gasteiger partial charge in [-0.15, -0.1) is 0 Å². The SMILES string of the molecule is N#CCCCCCCCCOCCC#N. The van der Waals surface area contributed by atoms with E-state index >= 15 is 0 Å². The fraction of sp³-hybridized carbons (Fsp3) is 0.833. The Balaban J connectivity index is 2.88. The molecule has 0 atom stereocenters. The van der Waals surface area contributed by atoms with E-state index in [2.05, 4.69) is 6.07 Å². The van der Waals surface area contributed by atoms with Crippen LogP contribution in [0.4, 0.5) is 0 Å². The lowest BCUT2D eigenvalue weighted by molar-refractivity contribution is 0.135. The summed E-state index contributed by atoms with van der Waals surface area (Å²) < 4.78 is 5.25. The van der Waals surface area contributed by atoms with Crippen LogP contribution in [0.3, 0.4) is 0 Å². The first-order chi connectivity index (χ1) is 7.41. The molecule has 0 aromatic rings. The highest BCUT2D eigenvalue weighted by Gasteiger charge is 1.92. The molecular formula is C12H20N2O. The summed E-state index contributed by atoms with van der Waals surface area (Å²) in [6.07, 6.45) is 8.12. The van der Waals surface area contributed by atoms with Crippen molar-refractivity contribution in [3.05, 3.63) is 0 Å². The Morgan fingerprint density at radius 3 is 1.93 bits per heavy atom. The van der Waals surface area contributed by atoms with E-state index in [4.69, 9.17) is 15.3 Å². The zero-order valence-corrected chi connectivity index (χ0v) is 9.37. The predicted molar refractivity (Wildman–Crippen MR) is 59.0 cm³/mol. The summed E-state index contributed by atoms with van der Waals surface area (Å²) in [5, 5.41) is 16.6. The Morgan fingerprint density at radius 2 is 1.27 bits per heavy atom. The summed E-state index contributed by atoms with van der Waals surface area (Å²) in [5.41, 5.74) is 0. The Bertz CT molecular complexity index is 181. The molecule has 15 heavy (non-hydrogen) atoms. The van der Waals surface area contributed by atoms with Gasteiger partial charge in [0.25, 0.3) is 0 Å². The van der Waals surface area contributed by atoms with Gasteiger partial charge in [-0.05, 0) is 12.8 Å². The van der Waals surface area contributed by atoms with Crippen LogP contribution in [0.15, 0.2) is 0 Å². The maximum absolute atomic E-state index is 8.32. The number of nitriles is 2. The van der Waals surface area contributed by atoms with Gasteiger partial charge >= 0.3 is 0 Å². The van der Waals surface area contributed by atoms with Gasteiger partial charge in [0, 0.05) is 13.0 Å². The fourth-order valence-corrected chi connectivity index (χ4v) is 1.34. The van der Waals surface area contributed by atoms with Crippen molar-refractivity contribution in [1.29, 1.82) is 10.5 Å². The fourth-order valence-electron chi connectivity index (χ4n) is 1.34. The van der Waals surface area contributed by atoms with Crippen LogP contribution in [-0.4, -0.2) is 13.2 Å². The molecule has 0 bridgehead atoms. The van der Waals surface area contributed by atoms with E-state index in [1.165, 1.54) is 25.7 Å². The second-order valence-corrected chi connectivity index (χ2v) is 3.55. The normalized spacial score (nSPS) is 9.47. The number of rotatable bonds is 10. The van der Waals surface area contributed by atoms with Crippen LogP contribution in [0, 0.1) is 22.7 Å². The molecule has 0 amide bonds. The highest BCUT2D eigenvalue weighted by molar-refractivity contribution is 4.68. The molecule has 84 valence electrons. The second-order valence-electron chi connectivity index (χ2n) is 3.55. The van der Waals surface area contributed by atoms with Crippen molar-refractivity contribution in [2.75, 3.05) is 13.2 Å². The van der Waals surface area contributed by atoms with Gasteiger partial charge in [0.15, 0.2) is 0 Å². The number of unbranched alkanes of at least 4 members (excludes halogenated alkanes) is 6. The molecule has 0 saturated heterocycles. The molecule has 0 aromatic carbocycles. The molecule has 0 radical (unpaired) electrons. The average molecular weight is 208 g/mol. The van der Waals surface area contributed by atoms with Crippen molar-refractivity contribution < 1.29 is 4.74 Å². The Hall–Kier alpha value is -1.06. The van der Waals surface area contributed by atoms with Gasteiger partial charge in [0.05, 0.1) is 25.2 Å². The van der Waals surface area contributed by atoms with Gasteiger partial charge in [-0.3, -0.25) is 0 Å². The largest absolute Gasteiger partial charge is 0.380 e. The van der Waals surface area contributed by atoms with E-state index in [1.807, 2.05) is 6.07 Å². The molecule has 0 fully saturated rings. The van der Waals surface area contributed by atoms with E-state index in [1.54, 1.807) is 0 Å². The molecule has 0 aliphatic carbocycles. The third kappa shape index (κ3) is 12.9. The molecule has 3 nitrogen and oxygen atoms in total. The van der Waals surface area contributed by atoms with E-state index < -0.39 is 0 Å². The summed E-state index contributed by atoms with van der Waals surface area (Å²) in [6.45, 7) is 1.35. The number of nitrogens with zero attached hydrogens (tertiary/aromatic N) is 2. The van der Waals surface area contributed by atoms with Crippen LogP contribution in [0.2, 0.25) is 0 Å². The highest BCUT2D eigenvalue weighted by atomic mass is 16.5. The molecule has 0 aliphatic rings. The van der Waals surface area contributed by atoms with Gasteiger partial charge in [-0.1, -0.05) is 25.7 Å². The summed E-state index contributed by atoms with van der Waals surface area (Å²) in [6, 6.07) is 4.20. The predicted octanol–water partition coefficient (Wildman–Crippen LogP) is 3.17. The molecule has 0 rings (SSSR count). The average Bonchev–Trinajstić information content (AvgIpc) is 2.26. The van der Waals surface area contributed by atoms with E-state index in [0.29, 0.717) is 19.4 Å². The van der Waals surface area contributed by atoms with E-state index in [9.17, 15) is 0 Å². The number of ether oxygens (including phenoxy) is 1. The van der Waals surface area contributed by atoms with Gasteiger partial charge < -0.3 is 4.74 Å². The van der Waals surface area contributed by atoms with Gasteiger partial charge in [0.1, 0.15) is 0 Å². The standard InChI is InChI=1S/C12H20N2O/c13-9-6-4-2-1-3-5-7-11-15-12-8-10-14/h1-8,11-12H2. The lowest BCUT2D eigenvalue weighted by Gasteiger charge is -2.01. The van der Waals surface area contributed by atoms with Crippen LogP contribution < -0.4 is 0 Å². The molecule has 0 aromatic heterocycles. The summed E-state index contributed by atoms with van der Waals surface area (Å²) in [5.74, 6) is 0. The van der Waals surface area contributed by atoms with Crippen molar-refractivity contribution in [1.82, 2.24) is 0 Å². The van der Waals surface area contributed by atoms with Crippen LogP contribution >= 0.6 is 0 Å². The monoisotopic (exact) mass is 208 g/mol. The van der Waals surface area contributed by atoms with Crippen LogP contribution in [0.25, 0.3) is 0 Å². The third-order valence-corrected chi connectivity index (χ3v) is 2.19. The quantitative estimate of drug-likeness (QED) is 0.518. The number of hydrogen-bond donors (Lipinski definition) is 0. The first-order valence-corrected chi connectivity index (χ1v) is 5.73. The smallest absolute Gasteiger partial charge is 0.0645 e. The molecule has 0 N–H and O–H groups in total. The molecule has 0 spiro atoms.